The van der Waals surface area contributed by atoms with E-state index in [9.17, 15) is 8.42 Å². The van der Waals surface area contributed by atoms with Gasteiger partial charge >= 0.3 is 0 Å². The van der Waals surface area contributed by atoms with Crippen LogP contribution in [0.5, 0.6) is 0 Å². The predicted octanol–water partition coefficient (Wildman–Crippen LogP) is 3.83. The van der Waals surface area contributed by atoms with Crippen molar-refractivity contribution in [3.63, 3.8) is 0 Å². The highest BCUT2D eigenvalue weighted by atomic mass is 32.2. The molecule has 1 aromatic rings. The maximum Gasteiger partial charge on any atom is 0.211 e. The molecule has 1 aliphatic heterocycles. The summed E-state index contributed by atoms with van der Waals surface area (Å²) in [6, 6.07) is 8.55. The third-order valence-electron chi connectivity index (χ3n) is 4.97. The molecule has 1 fully saturated rings. The van der Waals surface area contributed by atoms with Crippen LogP contribution < -0.4 is 0 Å². The van der Waals surface area contributed by atoms with E-state index in [1.54, 1.807) is 4.31 Å². The number of sulfonamides is 1. The SMILES string of the molecule is CC(C)c1ccccc1C1CN(S(C)(=O)=O)CCC1C(C)C. The zero-order valence-electron chi connectivity index (χ0n) is 14.4. The number of hydrogen-bond acceptors (Lipinski definition) is 2. The molecule has 2 atom stereocenters. The first-order valence-electron chi connectivity index (χ1n) is 8.25. The Labute approximate surface area is 135 Å². The van der Waals surface area contributed by atoms with E-state index in [0.29, 0.717) is 36.8 Å². The van der Waals surface area contributed by atoms with Crippen LogP contribution in [0.2, 0.25) is 0 Å². The Morgan fingerprint density at radius 1 is 1.14 bits per heavy atom. The molecule has 0 saturated carbocycles. The van der Waals surface area contributed by atoms with E-state index < -0.39 is 10.0 Å². The van der Waals surface area contributed by atoms with Gasteiger partial charge in [-0.15, -0.1) is 0 Å². The molecule has 22 heavy (non-hydrogen) atoms. The second-order valence-electron chi connectivity index (χ2n) is 7.21. The van der Waals surface area contributed by atoms with Crippen molar-refractivity contribution in [2.75, 3.05) is 19.3 Å². The van der Waals surface area contributed by atoms with Crippen molar-refractivity contribution in [1.29, 1.82) is 0 Å². The Morgan fingerprint density at radius 3 is 2.32 bits per heavy atom. The van der Waals surface area contributed by atoms with Crippen LogP contribution in [0.15, 0.2) is 24.3 Å². The first kappa shape index (κ1) is 17.5. The molecular formula is C18H29NO2S. The summed E-state index contributed by atoms with van der Waals surface area (Å²) in [6.07, 6.45) is 2.27. The summed E-state index contributed by atoms with van der Waals surface area (Å²) in [4.78, 5) is 0. The second kappa shape index (κ2) is 6.71. The molecule has 1 heterocycles. The lowest BCUT2D eigenvalue weighted by molar-refractivity contribution is 0.192. The van der Waals surface area contributed by atoms with Crippen LogP contribution in [0.25, 0.3) is 0 Å². The van der Waals surface area contributed by atoms with Gasteiger partial charge in [-0.2, -0.15) is 0 Å². The fraction of sp³-hybridized carbons (Fsp3) is 0.667. The molecule has 0 aliphatic carbocycles. The number of piperidine rings is 1. The van der Waals surface area contributed by atoms with Gasteiger partial charge in [-0.1, -0.05) is 52.0 Å². The van der Waals surface area contributed by atoms with Crippen LogP contribution in [-0.4, -0.2) is 32.1 Å². The first-order valence-corrected chi connectivity index (χ1v) is 10.1. The Kier molecular flexibility index (Phi) is 5.33. The minimum absolute atomic E-state index is 0.294. The number of nitrogens with zero attached hydrogens (tertiary/aromatic N) is 1. The maximum absolute atomic E-state index is 12.0. The molecule has 3 nitrogen and oxygen atoms in total. The van der Waals surface area contributed by atoms with Gasteiger partial charge in [-0.25, -0.2) is 12.7 Å². The van der Waals surface area contributed by atoms with Crippen molar-refractivity contribution < 1.29 is 8.42 Å². The zero-order chi connectivity index (χ0) is 16.5. The normalized spacial score (nSPS) is 24.1. The molecule has 0 aromatic heterocycles. The molecule has 2 rings (SSSR count). The summed E-state index contributed by atoms with van der Waals surface area (Å²) in [5.41, 5.74) is 2.69. The van der Waals surface area contributed by atoms with Crippen LogP contribution >= 0.6 is 0 Å². The average molecular weight is 324 g/mol. The van der Waals surface area contributed by atoms with E-state index in [4.69, 9.17) is 0 Å². The summed E-state index contributed by atoms with van der Waals surface area (Å²) < 4.78 is 25.6. The minimum atomic E-state index is -3.12. The molecule has 0 spiro atoms. The quantitative estimate of drug-likeness (QED) is 0.844. The molecule has 0 amide bonds. The Bertz CT molecular complexity index is 607. The van der Waals surface area contributed by atoms with Crippen LogP contribution in [-0.2, 0) is 10.0 Å². The van der Waals surface area contributed by atoms with Crippen molar-refractivity contribution in [1.82, 2.24) is 4.31 Å². The summed E-state index contributed by atoms with van der Waals surface area (Å²) in [6.45, 7) is 10.2. The summed E-state index contributed by atoms with van der Waals surface area (Å²) in [5, 5.41) is 0. The van der Waals surface area contributed by atoms with Gasteiger partial charge in [-0.05, 0) is 35.3 Å². The van der Waals surface area contributed by atoms with Crippen molar-refractivity contribution in [2.45, 2.75) is 46.0 Å². The minimum Gasteiger partial charge on any atom is -0.213 e. The van der Waals surface area contributed by atoms with Crippen LogP contribution in [0.1, 0.15) is 57.1 Å². The van der Waals surface area contributed by atoms with Crippen LogP contribution in [0, 0.1) is 11.8 Å². The van der Waals surface area contributed by atoms with Gasteiger partial charge in [0, 0.05) is 19.0 Å². The van der Waals surface area contributed by atoms with Crippen molar-refractivity contribution >= 4 is 10.0 Å². The summed E-state index contributed by atoms with van der Waals surface area (Å²) in [7, 11) is -3.12. The predicted molar refractivity (Wildman–Crippen MR) is 92.6 cm³/mol. The Morgan fingerprint density at radius 2 is 1.77 bits per heavy atom. The Hall–Kier alpha value is -0.870. The average Bonchev–Trinajstić information content (AvgIpc) is 2.45. The fourth-order valence-electron chi connectivity index (χ4n) is 3.74. The maximum atomic E-state index is 12.0. The highest BCUT2D eigenvalue weighted by Crippen LogP contribution is 2.40. The zero-order valence-corrected chi connectivity index (χ0v) is 15.2. The third kappa shape index (κ3) is 3.72. The topological polar surface area (TPSA) is 37.4 Å². The largest absolute Gasteiger partial charge is 0.213 e. The number of hydrogen-bond donors (Lipinski definition) is 0. The van der Waals surface area contributed by atoms with Crippen molar-refractivity contribution in [3.05, 3.63) is 35.4 Å². The Balaban J connectivity index is 2.42. The van der Waals surface area contributed by atoms with Gasteiger partial charge < -0.3 is 0 Å². The molecule has 0 radical (unpaired) electrons. The smallest absolute Gasteiger partial charge is 0.211 e. The van der Waals surface area contributed by atoms with E-state index in [1.165, 1.54) is 17.4 Å². The molecule has 1 aliphatic rings. The molecule has 1 saturated heterocycles. The third-order valence-corrected chi connectivity index (χ3v) is 6.24. The lowest BCUT2D eigenvalue weighted by Crippen LogP contribution is -2.43. The lowest BCUT2D eigenvalue weighted by atomic mass is 9.73. The standard InChI is InChI=1S/C18H29NO2S/c1-13(2)15-8-6-7-9-17(15)18-12-19(22(5,20)21)11-10-16(18)14(3)4/h6-9,13-14,16,18H,10-12H2,1-5H3. The van der Waals surface area contributed by atoms with Gasteiger partial charge in [0.05, 0.1) is 6.26 Å². The van der Waals surface area contributed by atoms with E-state index in [-0.39, 0.29) is 0 Å². The van der Waals surface area contributed by atoms with Gasteiger partial charge in [0.2, 0.25) is 10.0 Å². The molecule has 1 aromatic carbocycles. The molecule has 4 heteroatoms. The summed E-state index contributed by atoms with van der Waals surface area (Å²) >= 11 is 0. The first-order chi connectivity index (χ1) is 10.2. The van der Waals surface area contributed by atoms with E-state index in [0.717, 1.165) is 6.42 Å². The highest BCUT2D eigenvalue weighted by Gasteiger charge is 2.36. The fourth-order valence-corrected chi connectivity index (χ4v) is 4.61. The van der Waals surface area contributed by atoms with Crippen molar-refractivity contribution in [3.8, 4) is 0 Å². The molecular weight excluding hydrogens is 294 g/mol. The highest BCUT2D eigenvalue weighted by molar-refractivity contribution is 7.88. The molecule has 124 valence electrons. The molecule has 2 unspecified atom stereocenters. The van der Waals surface area contributed by atoms with Crippen molar-refractivity contribution in [2.24, 2.45) is 11.8 Å². The van der Waals surface area contributed by atoms with Gasteiger partial charge in [0.1, 0.15) is 0 Å². The van der Waals surface area contributed by atoms with Crippen LogP contribution in [0.4, 0.5) is 0 Å². The summed E-state index contributed by atoms with van der Waals surface area (Å²) in [5.74, 6) is 1.85. The van der Waals surface area contributed by atoms with Crippen LogP contribution in [0.3, 0.4) is 0 Å². The van der Waals surface area contributed by atoms with Gasteiger partial charge in [0.25, 0.3) is 0 Å². The van der Waals surface area contributed by atoms with Gasteiger partial charge in [-0.3, -0.25) is 0 Å². The second-order valence-corrected chi connectivity index (χ2v) is 9.19. The molecule has 0 N–H and O–H groups in total. The lowest BCUT2D eigenvalue weighted by Gasteiger charge is -2.40. The molecule has 0 bridgehead atoms. The number of benzene rings is 1. The monoisotopic (exact) mass is 323 g/mol. The van der Waals surface area contributed by atoms with E-state index in [1.807, 2.05) is 0 Å². The van der Waals surface area contributed by atoms with E-state index >= 15 is 0 Å². The number of rotatable bonds is 4. The van der Waals surface area contributed by atoms with Gasteiger partial charge in [0.15, 0.2) is 0 Å². The van der Waals surface area contributed by atoms with E-state index in [2.05, 4.69) is 52.0 Å².